The normalized spacial score (nSPS) is 11.0. The van der Waals surface area contributed by atoms with Crippen LogP contribution in [0.2, 0.25) is 0 Å². The molecular weight excluding hydrogens is 332 g/mol. The number of rotatable bonds is 6. The Balaban J connectivity index is 1.89. The van der Waals surface area contributed by atoms with E-state index in [0.29, 0.717) is 5.92 Å². The Morgan fingerprint density at radius 2 is 1.90 bits per heavy atom. The van der Waals surface area contributed by atoms with Gasteiger partial charge in [0, 0.05) is 22.1 Å². The van der Waals surface area contributed by atoms with Gasteiger partial charge in [0.05, 0.1) is 0 Å². The monoisotopic (exact) mass is 350 g/mol. The van der Waals surface area contributed by atoms with Crippen LogP contribution in [0.15, 0.2) is 57.0 Å². The zero-order chi connectivity index (χ0) is 14.4. The molecule has 0 unspecified atom stereocenters. The zero-order valence-corrected chi connectivity index (χ0v) is 14.2. The highest BCUT2D eigenvalue weighted by Gasteiger charge is 2.00. The van der Waals surface area contributed by atoms with E-state index in [1.807, 2.05) is 18.3 Å². The lowest BCUT2D eigenvalue weighted by Crippen LogP contribution is -2.18. The van der Waals surface area contributed by atoms with Crippen molar-refractivity contribution in [3.63, 3.8) is 0 Å². The summed E-state index contributed by atoms with van der Waals surface area (Å²) in [5.74, 6) is 0.688. The lowest BCUT2D eigenvalue weighted by atomic mass is 10.2. The van der Waals surface area contributed by atoms with E-state index in [1.165, 1.54) is 10.5 Å². The van der Waals surface area contributed by atoms with Crippen LogP contribution in [0.1, 0.15) is 19.4 Å². The molecule has 2 nitrogen and oxygen atoms in total. The first-order valence-corrected chi connectivity index (χ1v) is 8.33. The largest absolute Gasteiger partial charge is 0.312 e. The van der Waals surface area contributed by atoms with E-state index in [0.717, 1.165) is 22.6 Å². The first kappa shape index (κ1) is 15.5. The third kappa shape index (κ3) is 5.27. The van der Waals surface area contributed by atoms with Gasteiger partial charge in [-0.1, -0.05) is 37.7 Å². The van der Waals surface area contributed by atoms with Crippen molar-refractivity contribution in [1.82, 2.24) is 10.3 Å². The van der Waals surface area contributed by atoms with Crippen molar-refractivity contribution in [3.05, 3.63) is 52.6 Å². The molecule has 1 aromatic heterocycles. The molecule has 106 valence electrons. The van der Waals surface area contributed by atoms with E-state index in [-0.39, 0.29) is 0 Å². The average Bonchev–Trinajstić information content (AvgIpc) is 2.43. The van der Waals surface area contributed by atoms with Crippen molar-refractivity contribution >= 4 is 27.7 Å². The molecule has 1 aromatic carbocycles. The molecule has 0 aliphatic carbocycles. The van der Waals surface area contributed by atoms with Crippen LogP contribution in [-0.4, -0.2) is 11.5 Å². The van der Waals surface area contributed by atoms with Crippen LogP contribution in [0.3, 0.4) is 0 Å². The Morgan fingerprint density at radius 3 is 2.50 bits per heavy atom. The number of halogens is 1. The maximum absolute atomic E-state index is 4.37. The van der Waals surface area contributed by atoms with E-state index in [2.05, 4.69) is 64.3 Å². The van der Waals surface area contributed by atoms with Gasteiger partial charge in [-0.05, 0) is 58.2 Å². The van der Waals surface area contributed by atoms with E-state index in [4.69, 9.17) is 0 Å². The topological polar surface area (TPSA) is 24.9 Å². The van der Waals surface area contributed by atoms with Crippen LogP contribution in [0, 0.1) is 5.92 Å². The molecule has 0 atom stereocenters. The predicted octanol–water partition coefficient (Wildman–Crippen LogP) is 4.74. The Labute approximate surface area is 133 Å². The third-order valence-electron chi connectivity index (χ3n) is 2.73. The van der Waals surface area contributed by atoms with E-state index in [1.54, 1.807) is 11.8 Å². The molecular formula is C16H19BrN2S. The zero-order valence-electron chi connectivity index (χ0n) is 11.8. The quantitative estimate of drug-likeness (QED) is 0.814. The molecule has 1 N–H and O–H groups in total. The van der Waals surface area contributed by atoms with Gasteiger partial charge in [-0.3, -0.25) is 0 Å². The van der Waals surface area contributed by atoms with Crippen molar-refractivity contribution in [2.75, 3.05) is 6.54 Å². The summed E-state index contributed by atoms with van der Waals surface area (Å²) in [5, 5.41) is 4.47. The van der Waals surface area contributed by atoms with Crippen molar-refractivity contribution in [2.24, 2.45) is 5.92 Å². The molecule has 4 heteroatoms. The number of nitrogens with zero attached hydrogens (tertiary/aromatic N) is 1. The highest BCUT2D eigenvalue weighted by molar-refractivity contribution is 9.10. The Kier molecular flexibility index (Phi) is 6.07. The summed E-state index contributed by atoms with van der Waals surface area (Å²) < 4.78 is 1.01. The molecule has 0 amide bonds. The minimum Gasteiger partial charge on any atom is -0.312 e. The van der Waals surface area contributed by atoms with Crippen molar-refractivity contribution in [2.45, 2.75) is 30.3 Å². The van der Waals surface area contributed by atoms with Gasteiger partial charge in [0.1, 0.15) is 5.03 Å². The fourth-order valence-electron chi connectivity index (χ4n) is 1.72. The lowest BCUT2D eigenvalue weighted by Gasteiger charge is -2.08. The van der Waals surface area contributed by atoms with Crippen molar-refractivity contribution < 1.29 is 0 Å². The number of benzene rings is 1. The summed E-state index contributed by atoms with van der Waals surface area (Å²) in [4.78, 5) is 5.58. The standard InChI is InChI=1S/C16H19BrN2S/c1-12(2)9-18-10-13-3-6-15(7-4-13)20-16-8-5-14(17)11-19-16/h3-8,11-12,18H,9-10H2,1-2H3. The number of aromatic nitrogens is 1. The molecule has 20 heavy (non-hydrogen) atoms. The maximum Gasteiger partial charge on any atom is 0.101 e. The van der Waals surface area contributed by atoms with Crippen LogP contribution >= 0.6 is 27.7 Å². The Morgan fingerprint density at radius 1 is 1.15 bits per heavy atom. The average molecular weight is 351 g/mol. The van der Waals surface area contributed by atoms with Crippen LogP contribution < -0.4 is 5.32 Å². The van der Waals surface area contributed by atoms with Gasteiger partial charge in [-0.2, -0.15) is 0 Å². The van der Waals surface area contributed by atoms with Gasteiger partial charge in [-0.25, -0.2) is 4.98 Å². The van der Waals surface area contributed by atoms with Crippen LogP contribution in [-0.2, 0) is 6.54 Å². The van der Waals surface area contributed by atoms with E-state index >= 15 is 0 Å². The molecule has 0 bridgehead atoms. The second-order valence-electron chi connectivity index (χ2n) is 5.09. The highest BCUT2D eigenvalue weighted by Crippen LogP contribution is 2.26. The fourth-order valence-corrected chi connectivity index (χ4v) is 2.71. The van der Waals surface area contributed by atoms with Gasteiger partial charge < -0.3 is 5.32 Å². The third-order valence-corrected chi connectivity index (χ3v) is 4.16. The Bertz CT molecular complexity index is 523. The summed E-state index contributed by atoms with van der Waals surface area (Å²) in [6.45, 7) is 6.43. The van der Waals surface area contributed by atoms with Gasteiger partial charge in [0.15, 0.2) is 0 Å². The summed E-state index contributed by atoms with van der Waals surface area (Å²) in [7, 11) is 0. The van der Waals surface area contributed by atoms with Crippen LogP contribution in [0.4, 0.5) is 0 Å². The Hall–Kier alpha value is -0.840. The first-order chi connectivity index (χ1) is 9.63. The van der Waals surface area contributed by atoms with Crippen molar-refractivity contribution in [1.29, 1.82) is 0 Å². The van der Waals surface area contributed by atoms with Gasteiger partial charge in [0.25, 0.3) is 0 Å². The number of hydrogen-bond acceptors (Lipinski definition) is 3. The number of nitrogens with one attached hydrogen (secondary N) is 1. The molecule has 0 fully saturated rings. The SMILES string of the molecule is CC(C)CNCc1ccc(Sc2ccc(Br)cn2)cc1. The first-order valence-electron chi connectivity index (χ1n) is 6.72. The highest BCUT2D eigenvalue weighted by atomic mass is 79.9. The minimum absolute atomic E-state index is 0.688. The molecule has 2 aromatic rings. The molecule has 0 radical (unpaired) electrons. The lowest BCUT2D eigenvalue weighted by molar-refractivity contribution is 0.552. The van der Waals surface area contributed by atoms with Crippen LogP contribution in [0.5, 0.6) is 0 Å². The number of hydrogen-bond donors (Lipinski definition) is 1. The van der Waals surface area contributed by atoms with E-state index < -0.39 is 0 Å². The predicted molar refractivity (Wildman–Crippen MR) is 89.0 cm³/mol. The molecule has 2 rings (SSSR count). The molecule has 0 aliphatic rings. The summed E-state index contributed by atoms with van der Waals surface area (Å²) in [6.07, 6.45) is 1.83. The minimum atomic E-state index is 0.688. The smallest absolute Gasteiger partial charge is 0.101 e. The summed E-state index contributed by atoms with van der Waals surface area (Å²) in [5.41, 5.74) is 1.32. The second-order valence-corrected chi connectivity index (χ2v) is 7.09. The molecule has 0 saturated heterocycles. The summed E-state index contributed by atoms with van der Waals surface area (Å²) in [6, 6.07) is 12.7. The number of pyridine rings is 1. The maximum atomic E-state index is 4.37. The molecule has 0 aliphatic heterocycles. The molecule has 0 saturated carbocycles. The second kappa shape index (κ2) is 7.81. The van der Waals surface area contributed by atoms with Crippen molar-refractivity contribution in [3.8, 4) is 0 Å². The van der Waals surface area contributed by atoms with Gasteiger partial charge >= 0.3 is 0 Å². The molecule has 0 spiro atoms. The molecule has 1 heterocycles. The van der Waals surface area contributed by atoms with E-state index in [9.17, 15) is 0 Å². The van der Waals surface area contributed by atoms with Gasteiger partial charge in [-0.15, -0.1) is 0 Å². The van der Waals surface area contributed by atoms with Gasteiger partial charge in [0.2, 0.25) is 0 Å². The summed E-state index contributed by atoms with van der Waals surface area (Å²) >= 11 is 5.08. The van der Waals surface area contributed by atoms with Crippen LogP contribution in [0.25, 0.3) is 0 Å². The fraction of sp³-hybridized carbons (Fsp3) is 0.312.